The SMILES string of the molecule is CC(C)C[C@H](NC(=O)[C@H](CC(C)C)NC(=O)[C@H](CCCNC(=N)N)NC(=O)[C@H](CCCCN)NC(=O)[C@H](CCCNC(=N)N)NC(=O)[C@H](CC(C)C)NC(=O)[C@H](CCCCN)NC(=O)[C@H](CCCNC(=N)N)NC(=O)[C@H](CC(C)C)NC(=O)[C@H](Cc1c[nH]cn1)NC(=O)[C@H](CO)NC(=O)[C@H](C)NC(=O)[C@@H](N)CC(C)C)C(=O)O. The molecule has 0 aliphatic heterocycles. The molecule has 0 saturated heterocycles. The van der Waals surface area contributed by atoms with Crippen molar-refractivity contribution >= 4 is 94.7 Å². The largest absolute Gasteiger partial charge is 0.480 e. The van der Waals surface area contributed by atoms with E-state index in [1.807, 2.05) is 13.8 Å². The van der Waals surface area contributed by atoms with Crippen molar-refractivity contribution in [3.8, 4) is 0 Å². The summed E-state index contributed by atoms with van der Waals surface area (Å²) in [5.41, 5.74) is 34.7. The van der Waals surface area contributed by atoms with Gasteiger partial charge >= 0.3 is 5.97 Å². The Morgan fingerprint density at radius 1 is 0.372 bits per heavy atom. The highest BCUT2D eigenvalue weighted by molar-refractivity contribution is 6.00. The fourth-order valence-electron chi connectivity index (χ4n) is 11.8. The molecule has 113 heavy (non-hydrogen) atoms. The number of carbonyl (C=O) groups is 13. The molecule has 0 aliphatic rings. The first-order valence-electron chi connectivity index (χ1n) is 39.0. The Morgan fingerprint density at radius 3 is 0.938 bits per heavy atom. The number of aromatic amines is 1. The number of unbranched alkanes of at least 4 members (excludes halogenated alkanes) is 2. The van der Waals surface area contributed by atoms with E-state index in [4.69, 9.17) is 50.6 Å². The Hall–Kier alpha value is -10.0. The Morgan fingerprint density at radius 2 is 0.646 bits per heavy atom. The van der Waals surface area contributed by atoms with E-state index >= 15 is 0 Å². The lowest BCUT2D eigenvalue weighted by molar-refractivity contribution is -0.143. The Kier molecular flexibility index (Phi) is 48.8. The maximum Gasteiger partial charge on any atom is 0.326 e. The molecule has 33 N–H and O–H groups in total. The van der Waals surface area contributed by atoms with Crippen LogP contribution in [0.1, 0.15) is 191 Å². The summed E-state index contributed by atoms with van der Waals surface area (Å²) in [6.45, 7) is 18.8. The quantitative estimate of drug-likeness (QED) is 0.0166. The van der Waals surface area contributed by atoms with Crippen molar-refractivity contribution in [1.29, 1.82) is 16.2 Å². The van der Waals surface area contributed by atoms with Gasteiger partial charge in [0.25, 0.3) is 0 Å². The van der Waals surface area contributed by atoms with Gasteiger partial charge in [-0.1, -0.05) is 69.2 Å². The normalized spacial score (nSPS) is 14.8. The molecule has 41 heteroatoms. The third kappa shape index (κ3) is 43.0. The van der Waals surface area contributed by atoms with Crippen molar-refractivity contribution in [2.24, 2.45) is 64.0 Å². The molecule has 1 heterocycles. The molecule has 0 aliphatic carbocycles. The molecule has 12 amide bonds. The van der Waals surface area contributed by atoms with Crippen LogP contribution >= 0.6 is 0 Å². The minimum atomic E-state index is -1.65. The van der Waals surface area contributed by atoms with Gasteiger partial charge in [0.05, 0.1) is 24.7 Å². The van der Waals surface area contributed by atoms with Gasteiger partial charge in [0, 0.05) is 32.3 Å². The molecule has 1 rings (SSSR count). The van der Waals surface area contributed by atoms with Gasteiger partial charge in [-0.25, -0.2) is 9.78 Å². The zero-order chi connectivity index (χ0) is 85.6. The summed E-state index contributed by atoms with van der Waals surface area (Å²) in [6.07, 6.45) is 4.00. The van der Waals surface area contributed by atoms with E-state index in [0.29, 0.717) is 19.3 Å². The Labute approximate surface area is 662 Å². The lowest BCUT2D eigenvalue weighted by atomic mass is 9.99. The van der Waals surface area contributed by atoms with E-state index in [9.17, 15) is 72.5 Å². The van der Waals surface area contributed by atoms with Crippen molar-refractivity contribution in [2.75, 3.05) is 39.3 Å². The smallest absolute Gasteiger partial charge is 0.326 e. The van der Waals surface area contributed by atoms with Crippen LogP contribution in [-0.4, -0.2) is 233 Å². The van der Waals surface area contributed by atoms with Gasteiger partial charge < -0.3 is 129 Å². The van der Waals surface area contributed by atoms with Crippen LogP contribution in [0.25, 0.3) is 0 Å². The maximum absolute atomic E-state index is 14.9. The highest BCUT2D eigenvalue weighted by Gasteiger charge is 2.38. The highest BCUT2D eigenvalue weighted by atomic mass is 16.4. The molecule has 41 nitrogen and oxygen atoms in total. The number of guanidine groups is 3. The number of hydrogen-bond donors (Lipinski definition) is 27. The van der Waals surface area contributed by atoms with Crippen LogP contribution in [0.15, 0.2) is 12.5 Å². The predicted molar refractivity (Wildman–Crippen MR) is 424 cm³/mol. The maximum atomic E-state index is 14.9. The molecule has 0 aromatic carbocycles. The van der Waals surface area contributed by atoms with Crippen LogP contribution < -0.4 is 114 Å². The summed E-state index contributed by atoms with van der Waals surface area (Å²) in [5, 5.41) is 82.9. The zero-order valence-electron chi connectivity index (χ0n) is 67.6. The molecule has 1 aromatic rings. The number of carbonyl (C=O) groups excluding carboxylic acids is 12. The van der Waals surface area contributed by atoms with E-state index in [1.54, 1.807) is 55.4 Å². The Balaban J connectivity index is 3.86. The topological polar surface area (TPSA) is 699 Å². The van der Waals surface area contributed by atoms with Crippen molar-refractivity contribution in [3.63, 3.8) is 0 Å². The van der Waals surface area contributed by atoms with Gasteiger partial charge in [-0.3, -0.25) is 73.8 Å². The van der Waals surface area contributed by atoms with E-state index < -0.39 is 174 Å². The lowest BCUT2D eigenvalue weighted by Crippen LogP contribution is -2.61. The fraction of sp³-hybridized carbons (Fsp3) is 0.736. The monoisotopic (exact) mass is 1600 g/mol. The molecule has 642 valence electrons. The predicted octanol–water partition coefficient (Wildman–Crippen LogP) is -4.53. The molecule has 0 spiro atoms. The minimum Gasteiger partial charge on any atom is -0.480 e. The third-order valence-corrected chi connectivity index (χ3v) is 17.6. The van der Waals surface area contributed by atoms with Crippen LogP contribution in [0.2, 0.25) is 0 Å². The minimum absolute atomic E-state index is 0.0353. The number of aliphatic hydroxyl groups is 1. The number of carboxylic acids is 1. The molecule has 0 fully saturated rings. The van der Waals surface area contributed by atoms with Crippen LogP contribution in [0, 0.1) is 45.8 Å². The van der Waals surface area contributed by atoms with E-state index in [2.05, 4.69) is 89.7 Å². The number of aliphatic hydroxyl groups excluding tert-OH is 1. The number of H-pyrrole nitrogens is 1. The number of rotatable bonds is 58. The highest BCUT2D eigenvalue weighted by Crippen LogP contribution is 2.16. The number of nitrogens with one attached hydrogen (secondary N) is 19. The van der Waals surface area contributed by atoms with E-state index in [-0.39, 0.29) is 170 Å². The standard InChI is InChI=1S/C72H134N26O15/c1-38(2)29-45(75)58(101)87-43(11)57(100)98-56(36-99)68(111)96-54(34-44-35-82-37-86-44)67(110)95-52(31-40(5)6)65(108)92-49(22-17-27-84-71(78)79)61(104)89-47(20-13-15-25-74)62(105)93-51(30-39(3)4)64(107)91-48(21-16-26-83-70(76)77)60(103)88-46(19-12-14-24-73)59(102)90-50(23-18-28-85-72(80)81)63(106)94-53(32-41(7)8)66(109)97-55(69(112)113)33-42(9)10/h35,37-43,45-56,99H,12-34,36,73-75H2,1-11H3,(H,82,86)(H,87,101)(H,88,103)(H,89,104)(H,90,102)(H,91,107)(H,92,108)(H,93,105)(H,94,106)(H,95,110)(H,96,111)(H,97,109)(H,98,100)(H,112,113)(H4,76,77,83)(H4,78,79,84)(H4,80,81,85)/t43-,45-,46-,47-,48-,49-,50-,51-,52-,53-,54-,55-,56-/m0/s1. The van der Waals surface area contributed by atoms with Gasteiger partial charge in [-0.15, -0.1) is 0 Å². The second-order valence-corrected chi connectivity index (χ2v) is 30.5. The molecule has 13 atom stereocenters. The second-order valence-electron chi connectivity index (χ2n) is 30.5. The number of aromatic nitrogens is 2. The number of imidazole rings is 1. The molecule has 0 bridgehead atoms. The van der Waals surface area contributed by atoms with Gasteiger partial charge in [-0.05, 0) is 159 Å². The van der Waals surface area contributed by atoms with E-state index in [0.717, 1.165) is 0 Å². The molecule has 0 radical (unpaired) electrons. The number of amides is 12. The Bertz CT molecular complexity index is 3200. The molecule has 0 saturated carbocycles. The van der Waals surface area contributed by atoms with Gasteiger partial charge in [0.2, 0.25) is 70.9 Å². The lowest BCUT2D eigenvalue weighted by Gasteiger charge is -2.29. The summed E-state index contributed by atoms with van der Waals surface area (Å²) in [7, 11) is 0. The van der Waals surface area contributed by atoms with Crippen LogP contribution in [0.4, 0.5) is 0 Å². The van der Waals surface area contributed by atoms with Gasteiger partial charge in [0.1, 0.15) is 72.5 Å². The number of aliphatic carboxylic acids is 1. The summed E-state index contributed by atoms with van der Waals surface area (Å²) in [6, 6.07) is -17.8. The van der Waals surface area contributed by atoms with Crippen LogP contribution in [0.5, 0.6) is 0 Å². The van der Waals surface area contributed by atoms with E-state index in [1.165, 1.54) is 19.4 Å². The van der Waals surface area contributed by atoms with Crippen molar-refractivity contribution < 1.29 is 72.5 Å². The first-order chi connectivity index (χ1) is 53.1. The number of nitrogens with two attached hydrogens (primary N) is 6. The number of nitrogens with zero attached hydrogens (tertiary/aromatic N) is 1. The van der Waals surface area contributed by atoms with Crippen LogP contribution in [0.3, 0.4) is 0 Å². The van der Waals surface area contributed by atoms with Gasteiger partial charge in [-0.2, -0.15) is 0 Å². The van der Waals surface area contributed by atoms with Crippen molar-refractivity contribution in [1.82, 2.24) is 89.7 Å². The summed E-state index contributed by atoms with van der Waals surface area (Å²) in [4.78, 5) is 190. The molecule has 0 unspecified atom stereocenters. The van der Waals surface area contributed by atoms with Crippen LogP contribution in [-0.2, 0) is 68.7 Å². The molecular weight excluding hydrogens is 1470 g/mol. The summed E-state index contributed by atoms with van der Waals surface area (Å²) in [5.74, 6) is -13.6. The average molecular weight is 1600 g/mol. The number of carboxylic acid groups (broad SMARTS) is 1. The molecule has 1 aromatic heterocycles. The third-order valence-electron chi connectivity index (χ3n) is 17.6. The van der Waals surface area contributed by atoms with Gasteiger partial charge in [0.15, 0.2) is 17.9 Å². The van der Waals surface area contributed by atoms with Crippen molar-refractivity contribution in [3.05, 3.63) is 18.2 Å². The zero-order valence-corrected chi connectivity index (χ0v) is 67.6. The first-order valence-corrected chi connectivity index (χ1v) is 39.0. The van der Waals surface area contributed by atoms with Crippen molar-refractivity contribution in [2.45, 2.75) is 270 Å². The summed E-state index contributed by atoms with van der Waals surface area (Å²) < 4.78 is 0. The molecular formula is C72H134N26O15. The second kappa shape index (κ2) is 54.6. The fourth-order valence-corrected chi connectivity index (χ4v) is 11.8. The summed E-state index contributed by atoms with van der Waals surface area (Å²) >= 11 is 0. The average Bonchev–Trinajstić information content (AvgIpc) is 1.28. The number of hydrogen-bond acceptors (Lipinski definition) is 21. The first kappa shape index (κ1) is 101.